The van der Waals surface area contributed by atoms with E-state index in [9.17, 15) is 16.8 Å². The second kappa shape index (κ2) is 7.21. The number of piperidine rings is 1. The number of fused-ring (bicyclic) bond motifs is 2. The third-order valence-corrected chi connectivity index (χ3v) is 6.71. The van der Waals surface area contributed by atoms with Crippen LogP contribution in [0.1, 0.15) is 36.7 Å². The van der Waals surface area contributed by atoms with Crippen molar-refractivity contribution in [1.29, 1.82) is 0 Å². The largest absolute Gasteiger partial charge is 0.313 e. The van der Waals surface area contributed by atoms with Crippen LogP contribution in [-0.2, 0) is 43.6 Å². The number of nitrogens with one attached hydrogen (secondary N) is 1. The summed E-state index contributed by atoms with van der Waals surface area (Å²) >= 11 is 0. The molecule has 0 amide bonds. The third kappa shape index (κ3) is 4.29. The monoisotopic (exact) mass is 405 g/mol. The molecule has 1 aliphatic heterocycles. The summed E-state index contributed by atoms with van der Waals surface area (Å²) in [4.78, 5) is 0. The Kier molecular flexibility index (Phi) is 5.49. The van der Waals surface area contributed by atoms with Crippen molar-refractivity contribution >= 4 is 20.1 Å². The smallest absolute Gasteiger partial charge is 0.264 e. The van der Waals surface area contributed by atoms with Gasteiger partial charge in [0.2, 0.25) is 0 Å². The minimum atomic E-state index is -3.44. The molecular weight excluding hydrogens is 378 g/mol. The Morgan fingerprint density at radius 1 is 1.23 bits per heavy atom. The Hall–Kier alpha value is -0.970. The van der Waals surface area contributed by atoms with Gasteiger partial charge in [0.25, 0.3) is 20.1 Å². The van der Waals surface area contributed by atoms with Crippen LogP contribution in [0, 0.1) is 11.8 Å². The zero-order valence-corrected chi connectivity index (χ0v) is 17.1. The van der Waals surface area contributed by atoms with Gasteiger partial charge in [-0.25, -0.2) is 8.42 Å². The number of hydrogen-bond acceptors (Lipinski definition) is 7. The Balaban J connectivity index is 1.80. The molecule has 8 nitrogen and oxygen atoms in total. The van der Waals surface area contributed by atoms with Crippen molar-refractivity contribution in [3.63, 3.8) is 0 Å². The molecule has 1 N–H and O–H groups in total. The molecule has 3 unspecified atom stereocenters. The average Bonchev–Trinajstić information content (AvgIpc) is 2.88. The molecule has 10 heteroatoms. The van der Waals surface area contributed by atoms with E-state index in [0.29, 0.717) is 25.3 Å². The van der Waals surface area contributed by atoms with Crippen molar-refractivity contribution in [2.45, 2.75) is 45.1 Å². The maximum absolute atomic E-state index is 12.1. The molecule has 1 fully saturated rings. The Labute approximate surface area is 155 Å². The molecule has 0 aromatic carbocycles. The van der Waals surface area contributed by atoms with Crippen LogP contribution in [-0.4, -0.2) is 57.7 Å². The standard InChI is InChI=1S/C16H27N3O5S2/c1-4-5-16-13-8-14-12(7-15(13)18-19(16)25(2,20)21)6-11(9-17-14)10-24-26(3,22)23/h11-12,14,17H,4-10H2,1-3H3. The van der Waals surface area contributed by atoms with Gasteiger partial charge in [0.15, 0.2) is 0 Å². The summed E-state index contributed by atoms with van der Waals surface area (Å²) in [5.41, 5.74) is 2.75. The Morgan fingerprint density at radius 3 is 2.58 bits per heavy atom. The van der Waals surface area contributed by atoms with Gasteiger partial charge < -0.3 is 5.32 Å². The molecule has 2 aliphatic rings. The molecule has 1 saturated heterocycles. The van der Waals surface area contributed by atoms with Crippen LogP contribution in [0.2, 0.25) is 0 Å². The van der Waals surface area contributed by atoms with Crippen LogP contribution < -0.4 is 5.32 Å². The highest BCUT2D eigenvalue weighted by Crippen LogP contribution is 2.35. The van der Waals surface area contributed by atoms with Gasteiger partial charge in [-0.2, -0.15) is 17.6 Å². The number of nitrogens with zero attached hydrogens (tertiary/aromatic N) is 2. The summed E-state index contributed by atoms with van der Waals surface area (Å²) < 4.78 is 52.8. The van der Waals surface area contributed by atoms with Crippen LogP contribution in [0.4, 0.5) is 0 Å². The normalized spacial score (nSPS) is 26.3. The molecule has 1 aromatic rings. The van der Waals surface area contributed by atoms with E-state index in [0.717, 1.165) is 42.5 Å². The fraction of sp³-hybridized carbons (Fsp3) is 0.812. The molecule has 0 bridgehead atoms. The molecule has 3 rings (SSSR count). The van der Waals surface area contributed by atoms with E-state index >= 15 is 0 Å². The first-order valence-corrected chi connectivity index (χ1v) is 12.6. The predicted octanol–water partition coefficient (Wildman–Crippen LogP) is 0.312. The van der Waals surface area contributed by atoms with E-state index in [-0.39, 0.29) is 18.6 Å². The van der Waals surface area contributed by atoms with Crippen molar-refractivity contribution < 1.29 is 21.0 Å². The maximum Gasteiger partial charge on any atom is 0.264 e. The fourth-order valence-corrected chi connectivity index (χ4v) is 5.40. The first-order valence-electron chi connectivity index (χ1n) is 8.96. The lowest BCUT2D eigenvalue weighted by atomic mass is 9.75. The van der Waals surface area contributed by atoms with Gasteiger partial charge in [-0.1, -0.05) is 13.3 Å². The first kappa shape index (κ1) is 19.8. The van der Waals surface area contributed by atoms with Crippen molar-refractivity contribution in [2.75, 3.05) is 25.7 Å². The van der Waals surface area contributed by atoms with Gasteiger partial charge in [0.05, 0.1) is 30.5 Å². The minimum Gasteiger partial charge on any atom is -0.313 e. The number of rotatable bonds is 6. The van der Waals surface area contributed by atoms with Crippen LogP contribution in [0.15, 0.2) is 0 Å². The molecular formula is C16H27N3O5S2. The topological polar surface area (TPSA) is 107 Å². The van der Waals surface area contributed by atoms with Crippen molar-refractivity contribution in [2.24, 2.45) is 11.8 Å². The van der Waals surface area contributed by atoms with Gasteiger partial charge in [-0.15, -0.1) is 0 Å². The molecule has 0 saturated carbocycles. The van der Waals surface area contributed by atoms with E-state index < -0.39 is 20.1 Å². The lowest BCUT2D eigenvalue weighted by molar-refractivity contribution is 0.153. The highest BCUT2D eigenvalue weighted by atomic mass is 32.2. The van der Waals surface area contributed by atoms with Crippen molar-refractivity contribution in [1.82, 2.24) is 14.5 Å². The van der Waals surface area contributed by atoms with Gasteiger partial charge in [-0.3, -0.25) is 4.18 Å². The minimum absolute atomic E-state index is 0.125. The van der Waals surface area contributed by atoms with Crippen molar-refractivity contribution in [3.8, 4) is 0 Å². The lowest BCUT2D eigenvalue weighted by Crippen LogP contribution is -2.50. The molecule has 1 aliphatic carbocycles. The lowest BCUT2D eigenvalue weighted by Gasteiger charge is -2.39. The summed E-state index contributed by atoms with van der Waals surface area (Å²) in [5.74, 6) is 0.432. The zero-order chi connectivity index (χ0) is 19.1. The van der Waals surface area contributed by atoms with Crippen LogP contribution in [0.25, 0.3) is 0 Å². The molecule has 2 heterocycles. The van der Waals surface area contributed by atoms with E-state index in [1.165, 1.54) is 10.3 Å². The zero-order valence-electron chi connectivity index (χ0n) is 15.4. The Bertz CT molecular complexity index is 876. The van der Waals surface area contributed by atoms with Gasteiger partial charge in [-0.05, 0) is 43.1 Å². The molecule has 26 heavy (non-hydrogen) atoms. The highest BCUT2D eigenvalue weighted by molar-refractivity contribution is 7.89. The van der Waals surface area contributed by atoms with Crippen LogP contribution >= 0.6 is 0 Å². The summed E-state index contributed by atoms with van der Waals surface area (Å²) in [6.07, 6.45) is 6.13. The summed E-state index contributed by atoms with van der Waals surface area (Å²) in [5, 5.41) is 7.92. The molecule has 148 valence electrons. The SMILES string of the molecule is CCCc1c2c(nn1S(C)(=O)=O)CC1CC(COS(C)(=O)=O)CNC1C2. The van der Waals surface area contributed by atoms with Gasteiger partial charge >= 0.3 is 0 Å². The van der Waals surface area contributed by atoms with Gasteiger partial charge in [0.1, 0.15) is 0 Å². The van der Waals surface area contributed by atoms with E-state index in [1.54, 1.807) is 0 Å². The van der Waals surface area contributed by atoms with E-state index in [4.69, 9.17) is 4.18 Å². The Morgan fingerprint density at radius 2 is 1.96 bits per heavy atom. The molecule has 1 aromatic heterocycles. The second-order valence-electron chi connectivity index (χ2n) is 7.50. The predicted molar refractivity (Wildman–Crippen MR) is 98.1 cm³/mol. The van der Waals surface area contributed by atoms with Crippen LogP contribution in [0.5, 0.6) is 0 Å². The number of aromatic nitrogens is 2. The van der Waals surface area contributed by atoms with Crippen LogP contribution in [0.3, 0.4) is 0 Å². The molecule has 3 atom stereocenters. The summed E-state index contributed by atoms with van der Waals surface area (Å²) in [7, 11) is -6.86. The van der Waals surface area contributed by atoms with Crippen molar-refractivity contribution in [3.05, 3.63) is 17.0 Å². The fourth-order valence-electron chi connectivity index (χ4n) is 4.11. The van der Waals surface area contributed by atoms with E-state index in [2.05, 4.69) is 10.4 Å². The van der Waals surface area contributed by atoms with E-state index in [1.807, 2.05) is 6.92 Å². The number of hydrogen-bond donors (Lipinski definition) is 1. The summed E-state index contributed by atoms with van der Waals surface area (Å²) in [6, 6.07) is 0.268. The maximum atomic E-state index is 12.1. The summed E-state index contributed by atoms with van der Waals surface area (Å²) in [6.45, 7) is 2.92. The first-order chi connectivity index (χ1) is 12.1. The molecule has 0 radical (unpaired) electrons. The average molecular weight is 406 g/mol. The molecule has 0 spiro atoms. The highest BCUT2D eigenvalue weighted by Gasteiger charge is 2.38. The second-order valence-corrected chi connectivity index (χ2v) is 11.0. The van der Waals surface area contributed by atoms with Gasteiger partial charge in [0, 0.05) is 12.6 Å². The third-order valence-electron chi connectivity index (χ3n) is 5.21. The quantitative estimate of drug-likeness (QED) is 0.679.